The number of likely N-dealkylation sites (N-methyl/N-ethyl adjacent to an activating group) is 1. The third-order valence-electron chi connectivity index (χ3n) is 8.18. The molecule has 1 fully saturated rings. The Morgan fingerprint density at radius 3 is 2.26 bits per heavy atom. The molecule has 0 bridgehead atoms. The number of ether oxygens (including phenoxy) is 1. The number of nitrogens with zero attached hydrogens (tertiary/aromatic N) is 1. The van der Waals surface area contributed by atoms with Crippen LogP contribution < -0.4 is 5.73 Å². The number of nitrogens with two attached hydrogens (primary N) is 1. The zero-order chi connectivity index (χ0) is 30.8. The number of aliphatic hydroxyl groups is 4. The van der Waals surface area contributed by atoms with Crippen LogP contribution in [0.15, 0.2) is 59.4 Å². The Hall–Kier alpha value is -4.78. The van der Waals surface area contributed by atoms with E-state index in [1.54, 1.807) is 24.3 Å². The summed E-state index contributed by atoms with van der Waals surface area (Å²) in [5, 5.41) is 56.8. The highest BCUT2D eigenvalue weighted by molar-refractivity contribution is 6.25. The SMILES string of the molecule is COC(=O)c1ccc(/C=C2\c3cccc(O)c3C(O)=C3C(=O)[C@]4(O)C(O)=C(C(N)=O)C(=O)[C@@H](N(C)C)[C@@H]4[C@@H](O)[C@@H]32)cc1. The van der Waals surface area contributed by atoms with E-state index in [0.717, 1.165) is 0 Å². The van der Waals surface area contributed by atoms with Crippen molar-refractivity contribution in [2.24, 2.45) is 17.6 Å². The van der Waals surface area contributed by atoms with E-state index in [4.69, 9.17) is 10.5 Å². The van der Waals surface area contributed by atoms with E-state index >= 15 is 0 Å². The molecule has 5 rings (SSSR count). The van der Waals surface area contributed by atoms with Crippen LogP contribution in [0, 0.1) is 11.8 Å². The van der Waals surface area contributed by atoms with Gasteiger partial charge in [-0.15, -0.1) is 0 Å². The van der Waals surface area contributed by atoms with Crippen molar-refractivity contribution in [3.8, 4) is 5.75 Å². The molecule has 1 saturated carbocycles. The molecule has 0 spiro atoms. The van der Waals surface area contributed by atoms with E-state index in [0.29, 0.717) is 5.56 Å². The molecule has 0 saturated heterocycles. The molecule has 2 aromatic carbocycles. The van der Waals surface area contributed by atoms with Crippen molar-refractivity contribution in [1.29, 1.82) is 0 Å². The Balaban J connectivity index is 1.81. The molecule has 3 aliphatic rings. The summed E-state index contributed by atoms with van der Waals surface area (Å²) in [4.78, 5) is 52.9. The van der Waals surface area contributed by atoms with Gasteiger partial charge in [0.05, 0.1) is 41.9 Å². The highest BCUT2D eigenvalue weighted by Crippen LogP contribution is 2.56. The van der Waals surface area contributed by atoms with Crippen molar-refractivity contribution in [3.63, 3.8) is 0 Å². The number of hydrogen-bond donors (Lipinski definition) is 6. The fourth-order valence-corrected chi connectivity index (χ4v) is 6.32. The van der Waals surface area contributed by atoms with Gasteiger partial charge in [0.25, 0.3) is 5.91 Å². The molecule has 5 atom stereocenters. The lowest BCUT2D eigenvalue weighted by Crippen LogP contribution is -2.70. The number of phenolic OH excluding ortho intramolecular Hbond substituents is 1. The molecule has 42 heavy (non-hydrogen) atoms. The normalized spacial score (nSPS) is 28.0. The highest BCUT2D eigenvalue weighted by atomic mass is 16.5. The Bertz CT molecular complexity index is 1650. The number of Topliss-reactive ketones (excluding diaryl/α,β-unsaturated/α-hetero) is 2. The van der Waals surface area contributed by atoms with Crippen LogP contribution in [-0.4, -0.2) is 92.8 Å². The molecule has 0 aliphatic heterocycles. The van der Waals surface area contributed by atoms with E-state index < -0.39 is 81.4 Å². The van der Waals surface area contributed by atoms with Gasteiger partial charge >= 0.3 is 5.97 Å². The smallest absolute Gasteiger partial charge is 0.337 e. The second-order valence-corrected chi connectivity index (χ2v) is 10.6. The average molecular weight is 577 g/mol. The molecule has 3 aliphatic carbocycles. The van der Waals surface area contributed by atoms with Crippen molar-refractivity contribution >= 4 is 40.9 Å². The Morgan fingerprint density at radius 2 is 1.69 bits per heavy atom. The van der Waals surface area contributed by atoms with Crippen molar-refractivity contribution in [1.82, 2.24) is 4.90 Å². The topological polar surface area (TPSA) is 208 Å². The van der Waals surface area contributed by atoms with Crippen LogP contribution in [0.1, 0.15) is 27.0 Å². The Kier molecular flexibility index (Phi) is 6.80. The van der Waals surface area contributed by atoms with E-state index in [2.05, 4.69) is 0 Å². The molecule has 0 radical (unpaired) electrons. The summed E-state index contributed by atoms with van der Waals surface area (Å²) in [5.41, 5.74) is 1.85. The lowest BCUT2D eigenvalue weighted by molar-refractivity contribution is -0.166. The Labute approximate surface area is 239 Å². The summed E-state index contributed by atoms with van der Waals surface area (Å²) in [6.45, 7) is 0. The number of benzene rings is 2. The second kappa shape index (κ2) is 9.94. The van der Waals surface area contributed by atoms with Crippen LogP contribution >= 0.6 is 0 Å². The summed E-state index contributed by atoms with van der Waals surface area (Å²) in [6.07, 6.45) is -0.231. The summed E-state index contributed by atoms with van der Waals surface area (Å²) >= 11 is 0. The first-order valence-corrected chi connectivity index (χ1v) is 12.8. The first-order valence-electron chi connectivity index (χ1n) is 12.8. The number of amides is 1. The van der Waals surface area contributed by atoms with E-state index in [-0.39, 0.29) is 22.3 Å². The van der Waals surface area contributed by atoms with Crippen LogP contribution in [0.25, 0.3) is 17.4 Å². The van der Waals surface area contributed by atoms with Crippen molar-refractivity contribution in [3.05, 3.63) is 81.6 Å². The number of aromatic hydroxyl groups is 1. The minimum atomic E-state index is -3.03. The molecule has 12 nitrogen and oxygen atoms in total. The van der Waals surface area contributed by atoms with Gasteiger partial charge in [0.1, 0.15) is 22.8 Å². The minimum absolute atomic E-state index is 0.168. The number of aliphatic hydroxyl groups excluding tert-OH is 3. The molecule has 0 unspecified atom stereocenters. The molecule has 7 N–H and O–H groups in total. The maximum atomic E-state index is 14.2. The van der Waals surface area contributed by atoms with Gasteiger partial charge in [0, 0.05) is 5.92 Å². The van der Waals surface area contributed by atoms with Gasteiger partial charge in [-0.2, -0.15) is 0 Å². The van der Waals surface area contributed by atoms with Crippen LogP contribution in [0.2, 0.25) is 0 Å². The maximum Gasteiger partial charge on any atom is 0.337 e. The number of carbonyl (C=O) groups excluding carboxylic acids is 4. The number of hydrogen-bond acceptors (Lipinski definition) is 11. The third kappa shape index (κ3) is 3.87. The van der Waals surface area contributed by atoms with Gasteiger partial charge in [-0.3, -0.25) is 19.3 Å². The number of carbonyl (C=O) groups is 4. The van der Waals surface area contributed by atoms with Crippen LogP contribution in [-0.2, 0) is 19.1 Å². The number of rotatable bonds is 4. The summed E-state index contributed by atoms with van der Waals surface area (Å²) < 4.78 is 4.73. The fraction of sp³-hybridized carbons (Fsp3) is 0.267. The van der Waals surface area contributed by atoms with E-state index in [9.17, 15) is 44.7 Å². The first kappa shape index (κ1) is 28.7. The summed E-state index contributed by atoms with van der Waals surface area (Å²) in [6, 6.07) is 8.97. The van der Waals surface area contributed by atoms with Crippen LogP contribution in [0.3, 0.4) is 0 Å². The lowest BCUT2D eigenvalue weighted by atomic mass is 9.55. The minimum Gasteiger partial charge on any atom is -0.508 e. The first-order chi connectivity index (χ1) is 19.8. The fourth-order valence-electron chi connectivity index (χ4n) is 6.32. The van der Waals surface area contributed by atoms with Gasteiger partial charge in [-0.05, 0) is 49.0 Å². The molecular weight excluding hydrogens is 548 g/mol. The van der Waals surface area contributed by atoms with Crippen LogP contribution in [0.5, 0.6) is 5.75 Å². The number of phenols is 1. The molecule has 0 heterocycles. The molecule has 12 heteroatoms. The molecule has 1 amide bonds. The van der Waals surface area contributed by atoms with Gasteiger partial charge in [-0.1, -0.05) is 30.3 Å². The van der Waals surface area contributed by atoms with Gasteiger partial charge in [0.15, 0.2) is 11.4 Å². The van der Waals surface area contributed by atoms with E-state index in [1.807, 2.05) is 0 Å². The van der Waals surface area contributed by atoms with Gasteiger partial charge in [0.2, 0.25) is 5.78 Å². The maximum absolute atomic E-state index is 14.2. The summed E-state index contributed by atoms with van der Waals surface area (Å²) in [5.74, 6) is -9.80. The number of esters is 1. The molecule has 2 aromatic rings. The lowest BCUT2D eigenvalue weighted by Gasteiger charge is -2.53. The predicted molar refractivity (Wildman–Crippen MR) is 148 cm³/mol. The molecular formula is C30H28N2O10. The standard InChI is InChI=1S/C30H28N2O10/c1-32(2)22-21-24(35)18-15(11-12-7-9-13(10-8-12)29(40)42-3)14-5-4-6-16(33)17(14)23(34)19(18)26(37)30(21,41)27(38)20(25(22)36)28(31)39/h4-11,18,21-22,24,33-35,38,41H,1-3H3,(H2,31,39)/b15-11+/t18-,21-,22+,24+,30+/m1/s1. The van der Waals surface area contributed by atoms with E-state index in [1.165, 1.54) is 50.4 Å². The van der Waals surface area contributed by atoms with Crippen molar-refractivity contribution < 1.29 is 49.4 Å². The number of methoxy groups -OCH3 is 1. The number of primary amides is 1. The predicted octanol–water partition coefficient (Wildman–Crippen LogP) is 0.720. The largest absolute Gasteiger partial charge is 0.508 e. The van der Waals surface area contributed by atoms with Gasteiger partial charge in [-0.25, -0.2) is 4.79 Å². The third-order valence-corrected chi connectivity index (χ3v) is 8.18. The summed E-state index contributed by atoms with van der Waals surface area (Å²) in [7, 11) is 4.10. The van der Waals surface area contributed by atoms with Gasteiger partial charge < -0.3 is 36.0 Å². The van der Waals surface area contributed by atoms with Crippen molar-refractivity contribution in [2.75, 3.05) is 21.2 Å². The molecule has 218 valence electrons. The second-order valence-electron chi connectivity index (χ2n) is 10.6. The number of fused-ring (bicyclic) bond motifs is 3. The quantitative estimate of drug-likeness (QED) is 0.221. The van der Waals surface area contributed by atoms with Crippen molar-refractivity contribution in [2.45, 2.75) is 17.7 Å². The molecule has 0 aromatic heterocycles. The zero-order valence-corrected chi connectivity index (χ0v) is 22.7. The number of ketones is 2. The average Bonchev–Trinajstić information content (AvgIpc) is 2.94. The zero-order valence-electron chi connectivity index (χ0n) is 22.7. The van der Waals surface area contributed by atoms with Crippen LogP contribution in [0.4, 0.5) is 0 Å². The highest BCUT2D eigenvalue weighted by Gasteiger charge is 2.68. The monoisotopic (exact) mass is 576 g/mol. The Morgan fingerprint density at radius 1 is 1.05 bits per heavy atom.